The summed E-state index contributed by atoms with van der Waals surface area (Å²) < 4.78 is 0. The Bertz CT molecular complexity index is 419. The van der Waals surface area contributed by atoms with Gasteiger partial charge in [-0.3, -0.25) is 4.79 Å². The van der Waals surface area contributed by atoms with E-state index in [4.69, 9.17) is 0 Å². The number of hydrogen-bond donors (Lipinski definition) is 3. The molecule has 1 heterocycles. The molecule has 1 fully saturated rings. The van der Waals surface area contributed by atoms with E-state index in [1.165, 1.54) is 19.8 Å². The van der Waals surface area contributed by atoms with E-state index < -0.39 is 0 Å². The standard InChI is InChI=1S/C14H22N2O2S/c1-10(18)16-13-5-6-19-14(13)8-15-7-11-3-2-4-12(11)9-17/h5-6,11-12,15,17H,2-4,7-9H2,1H3,(H,16,18). The van der Waals surface area contributed by atoms with Gasteiger partial charge in [-0.1, -0.05) is 6.42 Å². The Labute approximate surface area is 118 Å². The molecule has 1 amide bonds. The zero-order valence-corrected chi connectivity index (χ0v) is 12.1. The minimum atomic E-state index is -0.0317. The van der Waals surface area contributed by atoms with E-state index in [1.54, 1.807) is 11.3 Å². The number of nitrogens with one attached hydrogen (secondary N) is 2. The van der Waals surface area contributed by atoms with Gasteiger partial charge in [-0.2, -0.15) is 0 Å². The van der Waals surface area contributed by atoms with Crippen LogP contribution in [0.15, 0.2) is 11.4 Å². The summed E-state index contributed by atoms with van der Waals surface area (Å²) in [4.78, 5) is 12.2. The molecular weight excluding hydrogens is 260 g/mol. The fourth-order valence-electron chi connectivity index (χ4n) is 2.77. The van der Waals surface area contributed by atoms with Crippen molar-refractivity contribution in [3.8, 4) is 0 Å². The van der Waals surface area contributed by atoms with Crippen molar-refractivity contribution in [2.75, 3.05) is 18.5 Å². The number of amides is 1. The van der Waals surface area contributed by atoms with Crippen LogP contribution in [0, 0.1) is 11.8 Å². The summed E-state index contributed by atoms with van der Waals surface area (Å²) in [5.41, 5.74) is 0.912. The second kappa shape index (κ2) is 7.03. The molecule has 106 valence electrons. The van der Waals surface area contributed by atoms with Crippen molar-refractivity contribution in [1.29, 1.82) is 0 Å². The van der Waals surface area contributed by atoms with Gasteiger partial charge in [0, 0.05) is 25.0 Å². The van der Waals surface area contributed by atoms with Crippen LogP contribution in [0.25, 0.3) is 0 Å². The summed E-state index contributed by atoms with van der Waals surface area (Å²) in [5.74, 6) is 1.02. The van der Waals surface area contributed by atoms with Gasteiger partial charge in [0.25, 0.3) is 0 Å². The molecule has 1 saturated carbocycles. The van der Waals surface area contributed by atoms with Gasteiger partial charge < -0.3 is 15.7 Å². The van der Waals surface area contributed by atoms with Crippen LogP contribution in [-0.2, 0) is 11.3 Å². The number of hydrogen-bond acceptors (Lipinski definition) is 4. The summed E-state index contributed by atoms with van der Waals surface area (Å²) in [7, 11) is 0. The Balaban J connectivity index is 1.79. The molecular formula is C14H22N2O2S. The Morgan fingerprint density at radius 2 is 2.26 bits per heavy atom. The Morgan fingerprint density at radius 3 is 3.00 bits per heavy atom. The fraction of sp³-hybridized carbons (Fsp3) is 0.643. The van der Waals surface area contributed by atoms with E-state index in [2.05, 4.69) is 10.6 Å². The first-order valence-corrected chi connectivity index (χ1v) is 7.74. The van der Waals surface area contributed by atoms with Gasteiger partial charge in [-0.15, -0.1) is 11.3 Å². The third-order valence-electron chi connectivity index (χ3n) is 3.80. The SMILES string of the molecule is CC(=O)Nc1ccsc1CNCC1CCCC1CO. The van der Waals surface area contributed by atoms with Crippen LogP contribution in [0.2, 0.25) is 0 Å². The molecule has 1 aromatic heterocycles. The molecule has 4 nitrogen and oxygen atoms in total. The number of aliphatic hydroxyl groups is 1. The largest absolute Gasteiger partial charge is 0.396 e. The van der Waals surface area contributed by atoms with Crippen LogP contribution in [-0.4, -0.2) is 24.2 Å². The van der Waals surface area contributed by atoms with Crippen molar-refractivity contribution >= 4 is 22.9 Å². The van der Waals surface area contributed by atoms with Crippen LogP contribution in [0.5, 0.6) is 0 Å². The summed E-state index contributed by atoms with van der Waals surface area (Å²) in [6.45, 7) is 3.56. The summed E-state index contributed by atoms with van der Waals surface area (Å²) >= 11 is 1.65. The average Bonchev–Trinajstić information content (AvgIpc) is 2.98. The van der Waals surface area contributed by atoms with Crippen LogP contribution in [0.1, 0.15) is 31.1 Å². The lowest BCUT2D eigenvalue weighted by Crippen LogP contribution is -2.26. The predicted molar refractivity (Wildman–Crippen MR) is 78.2 cm³/mol. The van der Waals surface area contributed by atoms with E-state index in [0.717, 1.165) is 30.1 Å². The molecule has 2 atom stereocenters. The molecule has 0 spiro atoms. The van der Waals surface area contributed by atoms with E-state index in [9.17, 15) is 9.90 Å². The van der Waals surface area contributed by atoms with Crippen LogP contribution >= 0.6 is 11.3 Å². The van der Waals surface area contributed by atoms with Crippen LogP contribution in [0.3, 0.4) is 0 Å². The van der Waals surface area contributed by atoms with Crippen molar-refractivity contribution in [3.63, 3.8) is 0 Å². The number of rotatable bonds is 6. The second-order valence-corrected chi connectivity index (χ2v) is 6.20. The van der Waals surface area contributed by atoms with Gasteiger partial charge in [0.05, 0.1) is 5.69 Å². The molecule has 2 rings (SSSR count). The van der Waals surface area contributed by atoms with Gasteiger partial charge >= 0.3 is 0 Å². The van der Waals surface area contributed by atoms with E-state index in [0.29, 0.717) is 18.4 Å². The zero-order valence-electron chi connectivity index (χ0n) is 11.3. The molecule has 2 unspecified atom stereocenters. The predicted octanol–water partition coefficient (Wildman–Crippen LogP) is 2.20. The van der Waals surface area contributed by atoms with Crippen molar-refractivity contribution < 1.29 is 9.90 Å². The van der Waals surface area contributed by atoms with E-state index in [-0.39, 0.29) is 5.91 Å². The third kappa shape index (κ3) is 4.03. The Morgan fingerprint density at radius 1 is 1.47 bits per heavy atom. The van der Waals surface area contributed by atoms with Crippen LogP contribution in [0.4, 0.5) is 5.69 Å². The van der Waals surface area contributed by atoms with Crippen molar-refractivity contribution in [2.24, 2.45) is 11.8 Å². The highest BCUT2D eigenvalue weighted by Crippen LogP contribution is 2.31. The number of aliphatic hydroxyl groups excluding tert-OH is 1. The summed E-state index contributed by atoms with van der Waals surface area (Å²) in [5, 5.41) is 17.6. The molecule has 0 aliphatic heterocycles. The van der Waals surface area contributed by atoms with Gasteiger partial charge in [-0.25, -0.2) is 0 Å². The van der Waals surface area contributed by atoms with Gasteiger partial charge in [-0.05, 0) is 42.7 Å². The molecule has 1 aliphatic rings. The first kappa shape index (κ1) is 14.5. The first-order valence-electron chi connectivity index (χ1n) is 6.86. The molecule has 5 heteroatoms. The van der Waals surface area contributed by atoms with E-state index >= 15 is 0 Å². The monoisotopic (exact) mass is 282 g/mol. The first-order chi connectivity index (χ1) is 9.20. The molecule has 0 bridgehead atoms. The molecule has 0 aromatic carbocycles. The smallest absolute Gasteiger partial charge is 0.221 e. The maximum Gasteiger partial charge on any atom is 0.221 e. The topological polar surface area (TPSA) is 61.4 Å². The highest BCUT2D eigenvalue weighted by atomic mass is 32.1. The third-order valence-corrected chi connectivity index (χ3v) is 4.72. The van der Waals surface area contributed by atoms with E-state index in [1.807, 2.05) is 11.4 Å². The highest BCUT2D eigenvalue weighted by molar-refractivity contribution is 7.10. The maximum absolute atomic E-state index is 11.1. The quantitative estimate of drug-likeness (QED) is 0.749. The van der Waals surface area contributed by atoms with Gasteiger partial charge in [0.15, 0.2) is 0 Å². The summed E-state index contributed by atoms with van der Waals surface area (Å²) in [6, 6.07) is 1.94. The molecule has 0 radical (unpaired) electrons. The number of carbonyl (C=O) groups is 1. The average molecular weight is 282 g/mol. The van der Waals surface area contributed by atoms with Crippen molar-refractivity contribution in [1.82, 2.24) is 5.32 Å². The maximum atomic E-state index is 11.1. The van der Waals surface area contributed by atoms with Crippen LogP contribution < -0.4 is 10.6 Å². The number of anilines is 1. The fourth-order valence-corrected chi connectivity index (χ4v) is 3.57. The normalized spacial score (nSPS) is 22.6. The minimum Gasteiger partial charge on any atom is -0.396 e. The second-order valence-electron chi connectivity index (χ2n) is 5.20. The minimum absolute atomic E-state index is 0.0317. The number of thiophene rings is 1. The Kier molecular flexibility index (Phi) is 5.36. The molecule has 1 aromatic rings. The van der Waals surface area contributed by atoms with Crippen molar-refractivity contribution in [2.45, 2.75) is 32.7 Å². The lowest BCUT2D eigenvalue weighted by molar-refractivity contribution is -0.114. The molecule has 3 N–H and O–H groups in total. The Hall–Kier alpha value is -0.910. The number of carbonyl (C=O) groups excluding carboxylic acids is 1. The lowest BCUT2D eigenvalue weighted by Gasteiger charge is -2.17. The van der Waals surface area contributed by atoms with Gasteiger partial charge in [0.2, 0.25) is 5.91 Å². The van der Waals surface area contributed by atoms with Gasteiger partial charge in [0.1, 0.15) is 0 Å². The summed E-state index contributed by atoms with van der Waals surface area (Å²) in [6.07, 6.45) is 3.59. The zero-order chi connectivity index (χ0) is 13.7. The molecule has 0 saturated heterocycles. The highest BCUT2D eigenvalue weighted by Gasteiger charge is 2.25. The molecule has 1 aliphatic carbocycles. The molecule has 19 heavy (non-hydrogen) atoms. The van der Waals surface area contributed by atoms with Crippen molar-refractivity contribution in [3.05, 3.63) is 16.3 Å². The lowest BCUT2D eigenvalue weighted by atomic mass is 9.97.